The first-order chi connectivity index (χ1) is 55.5. The fourth-order valence-corrected chi connectivity index (χ4v) is 24.1. The van der Waals surface area contributed by atoms with Crippen LogP contribution in [0.2, 0.25) is 0 Å². The summed E-state index contributed by atoms with van der Waals surface area (Å²) in [5.41, 5.74) is 49.3. The van der Waals surface area contributed by atoms with Crippen molar-refractivity contribution in [3.63, 3.8) is 0 Å². The highest BCUT2D eigenvalue weighted by Crippen LogP contribution is 2.65. The van der Waals surface area contributed by atoms with E-state index in [9.17, 15) is 0 Å². The van der Waals surface area contributed by atoms with Gasteiger partial charge in [0, 0.05) is 39.3 Å². The molecule has 0 atom stereocenters. The number of unbranched alkanes of at least 4 members (excludes halogenated alkanes) is 10. The fraction of sp³-hybridized carbons (Fsp3) is 0.304. The van der Waals surface area contributed by atoms with E-state index >= 15 is 0 Å². The van der Waals surface area contributed by atoms with Crippen LogP contribution in [-0.4, -0.2) is 0 Å². The summed E-state index contributed by atoms with van der Waals surface area (Å²) >= 11 is 0. The Morgan fingerprint density at radius 1 is 0.183 bits per heavy atom. The quantitative estimate of drug-likeness (QED) is 0.0751. The summed E-state index contributed by atoms with van der Waals surface area (Å²) in [4.78, 5) is 0. The van der Waals surface area contributed by atoms with Crippen LogP contribution in [0.4, 0.5) is 0 Å². The van der Waals surface area contributed by atoms with Crippen LogP contribution in [0.15, 0.2) is 243 Å². The van der Waals surface area contributed by atoms with Crippen molar-refractivity contribution < 1.29 is 1.43 Å². The van der Waals surface area contributed by atoms with Gasteiger partial charge in [0.05, 0.1) is 0 Å². The number of rotatable bonds is 18. The van der Waals surface area contributed by atoms with E-state index in [1.165, 1.54) is 301 Å². The molecule has 21 rings (SSSR count). The molecule has 115 heavy (non-hydrogen) atoms. The molecule has 0 saturated carbocycles. The Hall–Kier alpha value is -10.4. The second-order valence-corrected chi connectivity index (χ2v) is 39.2. The van der Waals surface area contributed by atoms with Crippen LogP contribution in [0.5, 0.6) is 0 Å². The normalized spacial score (nSPS) is 16.7. The Labute approximate surface area is 686 Å². The zero-order valence-electron chi connectivity index (χ0n) is 70.5. The van der Waals surface area contributed by atoms with Crippen LogP contribution in [-0.2, 0) is 37.9 Å². The zero-order valence-corrected chi connectivity index (χ0v) is 70.5. The lowest BCUT2D eigenvalue weighted by molar-refractivity contribution is 0.398. The molecule has 0 unspecified atom stereocenters. The zero-order chi connectivity index (χ0) is 78.8. The van der Waals surface area contributed by atoms with Crippen molar-refractivity contribution >= 4 is 21.5 Å². The third-order valence-electron chi connectivity index (χ3n) is 30.7. The Bertz CT molecular complexity index is 6110. The predicted octanol–water partition coefficient (Wildman–Crippen LogP) is 32.5. The van der Waals surface area contributed by atoms with Crippen molar-refractivity contribution in [1.29, 1.82) is 0 Å². The van der Waals surface area contributed by atoms with E-state index in [1.54, 1.807) is 11.1 Å². The van der Waals surface area contributed by atoms with Gasteiger partial charge in [-0.1, -0.05) is 344 Å². The summed E-state index contributed by atoms with van der Waals surface area (Å²) in [7, 11) is 0. The third-order valence-corrected chi connectivity index (χ3v) is 30.7. The summed E-state index contributed by atoms with van der Waals surface area (Å²) in [6, 6.07) is 97.5. The van der Waals surface area contributed by atoms with Crippen molar-refractivity contribution in [2.75, 3.05) is 0 Å². The standard InChI is InChI=1S/C115H110.H2/c1-15-17-19-21-23-33-55-115(56-34-24-22-20-18-16-2)103-67-91-101(113(11,12)105-63-87(75-35-25-27-39-85(75)107(91)105)73-47-53-83-81-51-45-71(59-97(81)111(7,8)99(83)61-73)69-43-49-79-77-37-29-31-41-93(77)109(3,4)95(79)57-69)65-89(103)90-66-102-92(68-104(90)115)108-86-40-28-26-36-76(86)88(64-106(108)114(102,13)14)74-48-54-84-82-52-46-72(60-98(82)112(9,10)100(84)62-74)70-44-50-80-78-38-30-32-42-94(78)110(5,6)96(80)58-70;/h25-32,35-54,57-68H,15-24,33-34,55-56H2,1-14H3;1H/i;1+1. The predicted molar refractivity (Wildman–Crippen MR) is 493 cm³/mol. The minimum absolute atomic E-state index is 0. The summed E-state index contributed by atoms with van der Waals surface area (Å²) in [6.07, 6.45) is 17.8. The van der Waals surface area contributed by atoms with E-state index in [0.29, 0.717) is 0 Å². The minimum atomic E-state index is -0.269. The monoisotopic (exact) mass is 1490 g/mol. The molecule has 0 fully saturated rings. The average Bonchev–Trinajstić information content (AvgIpc) is 1.51. The van der Waals surface area contributed by atoms with Gasteiger partial charge in [-0.15, -0.1) is 0 Å². The van der Waals surface area contributed by atoms with Gasteiger partial charge in [-0.2, -0.15) is 0 Å². The first-order valence-electron chi connectivity index (χ1n) is 44.1. The molecule has 0 nitrogen and oxygen atoms in total. The van der Waals surface area contributed by atoms with E-state index in [1.807, 2.05) is 0 Å². The van der Waals surface area contributed by atoms with E-state index in [4.69, 9.17) is 0 Å². The molecular formula is C115H112. The van der Waals surface area contributed by atoms with Gasteiger partial charge >= 0.3 is 0 Å². The number of benzene rings is 14. The molecule has 14 aromatic rings. The molecule has 0 heteroatoms. The van der Waals surface area contributed by atoms with Crippen LogP contribution >= 0.6 is 0 Å². The second-order valence-electron chi connectivity index (χ2n) is 39.2. The highest BCUT2D eigenvalue weighted by Gasteiger charge is 2.50. The summed E-state index contributed by atoms with van der Waals surface area (Å²) in [5.74, 6) is 0. The van der Waals surface area contributed by atoms with Gasteiger partial charge in [0.15, 0.2) is 0 Å². The van der Waals surface area contributed by atoms with Gasteiger partial charge in [-0.25, -0.2) is 0 Å². The van der Waals surface area contributed by atoms with Crippen molar-refractivity contribution in [3.05, 3.63) is 321 Å². The minimum Gasteiger partial charge on any atom is -0.0654 e. The molecule has 572 valence electrons. The number of hydrogen-bond acceptors (Lipinski definition) is 0. The van der Waals surface area contributed by atoms with Gasteiger partial charge in [-0.05, 0) is 307 Å². The molecule has 0 amide bonds. The molecule has 0 aromatic heterocycles. The molecule has 0 radical (unpaired) electrons. The molecule has 0 spiro atoms. The highest BCUT2D eigenvalue weighted by atomic mass is 14.5. The molecule has 0 saturated heterocycles. The van der Waals surface area contributed by atoms with E-state index in [-0.39, 0.29) is 39.3 Å². The van der Waals surface area contributed by atoms with Gasteiger partial charge in [0.1, 0.15) is 0 Å². The molecule has 0 bridgehead atoms. The highest BCUT2D eigenvalue weighted by molar-refractivity contribution is 6.12. The lowest BCUT2D eigenvalue weighted by atomic mass is 9.69. The maximum Gasteiger partial charge on any atom is 0.0215 e. The third kappa shape index (κ3) is 10.3. The van der Waals surface area contributed by atoms with Gasteiger partial charge in [-0.3, -0.25) is 0 Å². The lowest BCUT2D eigenvalue weighted by Crippen LogP contribution is -2.26. The Balaban J connectivity index is 0.00000868. The second kappa shape index (κ2) is 25.8. The largest absolute Gasteiger partial charge is 0.0654 e. The molecule has 0 heterocycles. The van der Waals surface area contributed by atoms with Crippen LogP contribution in [0.25, 0.3) is 144 Å². The molecule has 0 N–H and O–H groups in total. The molecule has 14 aromatic carbocycles. The van der Waals surface area contributed by atoms with E-state index < -0.39 is 0 Å². The topological polar surface area (TPSA) is 0 Å². The number of hydrogen-bond donors (Lipinski definition) is 0. The molecule has 7 aliphatic rings. The fourth-order valence-electron chi connectivity index (χ4n) is 24.1. The van der Waals surface area contributed by atoms with Crippen molar-refractivity contribution in [1.82, 2.24) is 0 Å². The summed E-state index contributed by atoms with van der Waals surface area (Å²) < 4.78 is 0. The average molecular weight is 1500 g/mol. The van der Waals surface area contributed by atoms with Gasteiger partial charge < -0.3 is 0 Å². The SMILES string of the molecule is CCCCCCCCC1(CCCCCCCC)c2cc3c(cc2-c2cc4c(cc21)-c1c(cc(-c2ccc5c(c2)C(C)(C)c2cc(-c6ccc7c(c6)C(C)(C)c6ccccc6-7)ccc2-5)c2ccccc12)C4(C)C)C(C)(C)c1cc(-c2ccc4c(c2)C(C)(C)c2cc(-c5ccc6c(c5)C(C)(C)c5ccccc5-6)ccc2-4)c2ccccc2c1-3.[2HH]. The van der Waals surface area contributed by atoms with Crippen LogP contribution in [0, 0.1) is 0 Å². The Kier molecular flexibility index (Phi) is 16.2. The van der Waals surface area contributed by atoms with Crippen molar-refractivity contribution in [2.24, 2.45) is 0 Å². The first-order valence-corrected chi connectivity index (χ1v) is 44.1. The molecule has 7 aliphatic carbocycles. The smallest absolute Gasteiger partial charge is 0.0215 e. The number of fused-ring (bicyclic) bond motifs is 25. The van der Waals surface area contributed by atoms with Crippen LogP contribution < -0.4 is 0 Å². The van der Waals surface area contributed by atoms with Crippen molar-refractivity contribution in [3.8, 4) is 122 Å². The summed E-state index contributed by atoms with van der Waals surface area (Å²) in [5, 5.41) is 5.42. The van der Waals surface area contributed by atoms with Gasteiger partial charge in [0.2, 0.25) is 0 Å². The lowest BCUT2D eigenvalue weighted by Gasteiger charge is -2.34. The van der Waals surface area contributed by atoms with Crippen molar-refractivity contribution in [2.45, 2.75) is 225 Å². The van der Waals surface area contributed by atoms with Crippen LogP contribution in [0.1, 0.15) is 266 Å². The van der Waals surface area contributed by atoms with E-state index in [0.717, 1.165) is 0 Å². The summed E-state index contributed by atoms with van der Waals surface area (Å²) in [6.45, 7) is 34.4. The first kappa shape index (κ1) is 72.3. The van der Waals surface area contributed by atoms with Gasteiger partial charge in [0.25, 0.3) is 0 Å². The maximum atomic E-state index is 2.82. The Morgan fingerprint density at radius 2 is 0.426 bits per heavy atom. The Morgan fingerprint density at radius 3 is 0.774 bits per heavy atom. The molecule has 0 aliphatic heterocycles. The molecular weight excluding hydrogens is 1380 g/mol. The van der Waals surface area contributed by atoms with E-state index in [2.05, 4.69) is 340 Å². The maximum absolute atomic E-state index is 2.82. The van der Waals surface area contributed by atoms with Crippen LogP contribution in [0.3, 0.4) is 0 Å².